The average Bonchev–Trinajstić information content (AvgIpc) is 2.33. The molecule has 1 aliphatic carbocycles. The Bertz CT molecular complexity index is 649. The van der Waals surface area contributed by atoms with Crippen LogP contribution in [0.2, 0.25) is 0 Å². The van der Waals surface area contributed by atoms with Gasteiger partial charge in [0.25, 0.3) is 0 Å². The number of nitro benzene ring substituents is 1. The summed E-state index contributed by atoms with van der Waals surface area (Å²) < 4.78 is 39.8. The van der Waals surface area contributed by atoms with E-state index in [1.54, 1.807) is 0 Å². The molecule has 0 spiro atoms. The van der Waals surface area contributed by atoms with Crippen molar-refractivity contribution in [1.82, 2.24) is 4.72 Å². The van der Waals surface area contributed by atoms with Crippen LogP contribution in [0.1, 0.15) is 19.3 Å². The number of rotatable bonds is 5. The lowest BCUT2D eigenvalue weighted by Gasteiger charge is -2.37. The number of sulfonamides is 1. The first kappa shape index (κ1) is 17.8. The number of nitrogens with one attached hydrogen (secondary N) is 1. The van der Waals surface area contributed by atoms with Gasteiger partial charge in [-0.25, -0.2) is 13.1 Å². The molecule has 1 aromatic carbocycles. The van der Waals surface area contributed by atoms with Gasteiger partial charge >= 0.3 is 5.69 Å². The molecule has 0 bridgehead atoms. The summed E-state index contributed by atoms with van der Waals surface area (Å²) in [6, 6.07) is 2.94. The molecule has 2 rings (SSSR count). The van der Waals surface area contributed by atoms with Gasteiger partial charge in [0, 0.05) is 12.1 Å². The van der Waals surface area contributed by atoms with E-state index in [2.05, 4.69) is 4.72 Å². The number of nitrogens with zero attached hydrogens (tertiary/aromatic N) is 1. The van der Waals surface area contributed by atoms with Crippen LogP contribution in [-0.2, 0) is 10.0 Å². The fourth-order valence-corrected chi connectivity index (χ4v) is 3.33. The Kier molecular flexibility index (Phi) is 5.26. The Balaban J connectivity index is 0.00000220. The Morgan fingerprint density at radius 1 is 1.43 bits per heavy atom. The van der Waals surface area contributed by atoms with E-state index in [-0.39, 0.29) is 19.0 Å². The van der Waals surface area contributed by atoms with Gasteiger partial charge in [-0.2, -0.15) is 4.39 Å². The highest BCUT2D eigenvalue weighted by molar-refractivity contribution is 7.89. The standard InChI is InChI=1S/C11H14FN3O4S.ClH/c12-8-3-1-4-9(10(8)15(16)17)20(18,19)14-7-11(13)5-2-6-11;/h1,3-4,14H,2,5-7,13H2;1H. The van der Waals surface area contributed by atoms with Gasteiger partial charge in [0.05, 0.1) is 4.92 Å². The van der Waals surface area contributed by atoms with Crippen molar-refractivity contribution in [2.45, 2.75) is 29.7 Å². The Hall–Kier alpha value is -1.29. The molecule has 1 saturated carbocycles. The molecule has 3 N–H and O–H groups in total. The largest absolute Gasteiger partial charge is 0.324 e. The number of nitrogens with two attached hydrogens (primary N) is 1. The highest BCUT2D eigenvalue weighted by atomic mass is 35.5. The first-order valence-electron chi connectivity index (χ1n) is 5.97. The van der Waals surface area contributed by atoms with E-state index in [9.17, 15) is 22.9 Å². The van der Waals surface area contributed by atoms with Crippen molar-refractivity contribution >= 4 is 28.1 Å². The van der Waals surface area contributed by atoms with E-state index in [0.29, 0.717) is 12.8 Å². The van der Waals surface area contributed by atoms with Gasteiger partial charge in [-0.1, -0.05) is 6.07 Å². The summed E-state index contributed by atoms with van der Waals surface area (Å²) >= 11 is 0. The minimum Gasteiger partial charge on any atom is -0.324 e. The second-order valence-corrected chi connectivity index (χ2v) is 6.62. The Morgan fingerprint density at radius 3 is 2.52 bits per heavy atom. The number of hydrogen-bond donors (Lipinski definition) is 2. The van der Waals surface area contributed by atoms with Crippen molar-refractivity contribution in [1.29, 1.82) is 0 Å². The predicted octanol–water partition coefficient (Wildman–Crippen LogP) is 1.32. The normalized spacial score (nSPS) is 16.7. The number of para-hydroxylation sites is 1. The van der Waals surface area contributed by atoms with Crippen LogP contribution in [0.15, 0.2) is 23.1 Å². The summed E-state index contributed by atoms with van der Waals surface area (Å²) in [6.07, 6.45) is 2.28. The lowest BCUT2D eigenvalue weighted by Crippen LogP contribution is -2.54. The molecule has 1 aromatic rings. The molecule has 1 aliphatic rings. The topological polar surface area (TPSA) is 115 Å². The molecule has 0 aromatic heterocycles. The van der Waals surface area contributed by atoms with Gasteiger partial charge in [-0.15, -0.1) is 12.4 Å². The zero-order valence-corrected chi connectivity index (χ0v) is 12.5. The Labute approximate surface area is 127 Å². The summed E-state index contributed by atoms with van der Waals surface area (Å²) in [5.74, 6) is -1.19. The molecule has 21 heavy (non-hydrogen) atoms. The van der Waals surface area contributed by atoms with E-state index in [1.165, 1.54) is 0 Å². The lowest BCUT2D eigenvalue weighted by molar-refractivity contribution is -0.390. The second-order valence-electron chi connectivity index (χ2n) is 4.88. The fourth-order valence-electron chi connectivity index (χ4n) is 2.01. The third-order valence-electron chi connectivity index (χ3n) is 3.39. The van der Waals surface area contributed by atoms with Crippen LogP contribution in [-0.4, -0.2) is 25.4 Å². The van der Waals surface area contributed by atoms with Gasteiger partial charge in [0.1, 0.15) is 0 Å². The molecule has 0 amide bonds. The molecule has 0 radical (unpaired) electrons. The lowest BCUT2D eigenvalue weighted by atomic mass is 9.78. The molecule has 10 heteroatoms. The van der Waals surface area contributed by atoms with Gasteiger partial charge in [0.15, 0.2) is 4.90 Å². The van der Waals surface area contributed by atoms with E-state index in [4.69, 9.17) is 5.73 Å². The van der Waals surface area contributed by atoms with Crippen LogP contribution >= 0.6 is 12.4 Å². The van der Waals surface area contributed by atoms with Crippen LogP contribution in [0.4, 0.5) is 10.1 Å². The molecule has 0 atom stereocenters. The summed E-state index contributed by atoms with van der Waals surface area (Å²) in [5.41, 5.74) is 4.21. The summed E-state index contributed by atoms with van der Waals surface area (Å²) in [5, 5.41) is 10.8. The number of benzene rings is 1. The van der Waals surface area contributed by atoms with Crippen LogP contribution in [0.25, 0.3) is 0 Å². The molecular weight excluding hydrogens is 325 g/mol. The monoisotopic (exact) mass is 339 g/mol. The molecule has 7 nitrogen and oxygen atoms in total. The number of halogens is 2. The molecule has 118 valence electrons. The van der Waals surface area contributed by atoms with E-state index in [1.807, 2.05) is 0 Å². The Morgan fingerprint density at radius 2 is 2.05 bits per heavy atom. The van der Waals surface area contributed by atoms with E-state index < -0.39 is 36.9 Å². The maximum absolute atomic E-state index is 13.4. The van der Waals surface area contributed by atoms with Crippen molar-refractivity contribution in [2.75, 3.05) is 6.54 Å². The van der Waals surface area contributed by atoms with Crippen LogP contribution in [0, 0.1) is 15.9 Å². The molecule has 0 saturated heterocycles. The van der Waals surface area contributed by atoms with Crippen LogP contribution in [0.5, 0.6) is 0 Å². The zero-order valence-electron chi connectivity index (χ0n) is 10.9. The van der Waals surface area contributed by atoms with E-state index >= 15 is 0 Å². The van der Waals surface area contributed by atoms with Crippen molar-refractivity contribution in [2.24, 2.45) is 5.73 Å². The molecule has 0 unspecified atom stereocenters. The maximum Gasteiger partial charge on any atom is 0.324 e. The maximum atomic E-state index is 13.4. The average molecular weight is 340 g/mol. The first-order valence-corrected chi connectivity index (χ1v) is 7.45. The van der Waals surface area contributed by atoms with Gasteiger partial charge in [0.2, 0.25) is 15.8 Å². The van der Waals surface area contributed by atoms with Gasteiger partial charge in [-0.05, 0) is 31.4 Å². The fraction of sp³-hybridized carbons (Fsp3) is 0.455. The SMILES string of the molecule is Cl.NC1(CNS(=O)(=O)c2cccc(F)c2[N+](=O)[O-])CCC1. The molecular formula is C11H15ClFN3O4S. The second kappa shape index (κ2) is 6.22. The summed E-state index contributed by atoms with van der Waals surface area (Å²) in [6.45, 7) is -0.0248. The third kappa shape index (κ3) is 3.67. The van der Waals surface area contributed by atoms with Crippen molar-refractivity contribution in [3.05, 3.63) is 34.1 Å². The van der Waals surface area contributed by atoms with Gasteiger partial charge in [-0.3, -0.25) is 10.1 Å². The summed E-state index contributed by atoms with van der Waals surface area (Å²) in [7, 11) is -4.18. The number of hydrogen-bond acceptors (Lipinski definition) is 5. The number of nitro groups is 1. The minimum absolute atomic E-state index is 0. The van der Waals surface area contributed by atoms with Crippen molar-refractivity contribution in [3.8, 4) is 0 Å². The van der Waals surface area contributed by atoms with Crippen LogP contribution < -0.4 is 10.5 Å². The molecule has 0 heterocycles. The van der Waals surface area contributed by atoms with Crippen LogP contribution in [0.3, 0.4) is 0 Å². The highest BCUT2D eigenvalue weighted by Crippen LogP contribution is 2.30. The minimum atomic E-state index is -4.18. The van der Waals surface area contributed by atoms with Gasteiger partial charge < -0.3 is 5.73 Å². The first-order chi connectivity index (χ1) is 9.25. The zero-order chi connectivity index (χ0) is 15.0. The van der Waals surface area contributed by atoms with E-state index in [0.717, 1.165) is 24.6 Å². The highest BCUT2D eigenvalue weighted by Gasteiger charge is 2.35. The molecule has 0 aliphatic heterocycles. The molecule has 1 fully saturated rings. The third-order valence-corrected chi connectivity index (χ3v) is 4.82. The predicted molar refractivity (Wildman–Crippen MR) is 76.3 cm³/mol. The quantitative estimate of drug-likeness (QED) is 0.620. The van der Waals surface area contributed by atoms with Crippen molar-refractivity contribution < 1.29 is 17.7 Å². The smallest absolute Gasteiger partial charge is 0.324 e. The summed E-state index contributed by atoms with van der Waals surface area (Å²) in [4.78, 5) is 9.07. The van der Waals surface area contributed by atoms with Crippen molar-refractivity contribution in [3.63, 3.8) is 0 Å².